The first kappa shape index (κ1) is 9.44. The zero-order valence-electron chi connectivity index (χ0n) is 6.23. The fourth-order valence-electron chi connectivity index (χ4n) is 0.790. The third-order valence-corrected chi connectivity index (χ3v) is 1.39. The van der Waals surface area contributed by atoms with Crippen LogP contribution in [0.4, 0.5) is 15.8 Å². The summed E-state index contributed by atoms with van der Waals surface area (Å²) in [7, 11) is 0. The fourth-order valence-corrected chi connectivity index (χ4v) is 0.888. The third-order valence-electron chi connectivity index (χ3n) is 1.30. The van der Waals surface area contributed by atoms with Gasteiger partial charge in [0.1, 0.15) is 5.82 Å². The molecule has 1 aromatic rings. The second-order valence-corrected chi connectivity index (χ2v) is 2.28. The van der Waals surface area contributed by atoms with Crippen LogP contribution >= 0.6 is 12.2 Å². The lowest BCUT2D eigenvalue weighted by Gasteiger charge is -1.94. The lowest BCUT2D eigenvalue weighted by atomic mass is 10.2. The molecule has 0 aliphatic carbocycles. The monoisotopic (exact) mass is 198 g/mol. The molecular formula is C7H3FN2O2S. The molecule has 0 aromatic heterocycles. The summed E-state index contributed by atoms with van der Waals surface area (Å²) in [6, 6.07) is 2.94. The standard InChI is InChI=1S/C7H3FN2O2S/c8-5-1-2-7(10(11)12)6(3-5)9-4-13/h1-3H. The van der Waals surface area contributed by atoms with Gasteiger partial charge in [-0.2, -0.15) is 4.99 Å². The maximum absolute atomic E-state index is 12.6. The Morgan fingerprint density at radius 3 is 2.85 bits per heavy atom. The first-order chi connectivity index (χ1) is 6.15. The number of benzene rings is 1. The maximum atomic E-state index is 12.6. The van der Waals surface area contributed by atoms with Crippen LogP contribution in [0.1, 0.15) is 0 Å². The normalized spacial score (nSPS) is 9.00. The van der Waals surface area contributed by atoms with E-state index in [0.717, 1.165) is 18.2 Å². The summed E-state index contributed by atoms with van der Waals surface area (Å²) >= 11 is 4.26. The summed E-state index contributed by atoms with van der Waals surface area (Å²) in [4.78, 5) is 13.1. The Balaban J connectivity index is 3.34. The van der Waals surface area contributed by atoms with Crippen LogP contribution in [0.15, 0.2) is 23.2 Å². The van der Waals surface area contributed by atoms with Gasteiger partial charge in [0, 0.05) is 12.1 Å². The number of aliphatic imine (C=N–C) groups is 1. The van der Waals surface area contributed by atoms with Gasteiger partial charge >= 0.3 is 0 Å². The van der Waals surface area contributed by atoms with E-state index in [9.17, 15) is 14.5 Å². The molecule has 0 saturated carbocycles. The van der Waals surface area contributed by atoms with Gasteiger partial charge < -0.3 is 0 Å². The largest absolute Gasteiger partial charge is 0.295 e. The van der Waals surface area contributed by atoms with Crippen molar-refractivity contribution < 1.29 is 9.31 Å². The predicted octanol–water partition coefficient (Wildman–Crippen LogP) is 2.47. The minimum absolute atomic E-state index is 0.125. The van der Waals surface area contributed by atoms with Crippen LogP contribution in [0.25, 0.3) is 0 Å². The Kier molecular flexibility index (Phi) is 2.79. The lowest BCUT2D eigenvalue weighted by molar-refractivity contribution is -0.384. The smallest absolute Gasteiger partial charge is 0.258 e. The van der Waals surface area contributed by atoms with Crippen molar-refractivity contribution in [1.82, 2.24) is 0 Å². The molecule has 6 heteroatoms. The van der Waals surface area contributed by atoms with Gasteiger partial charge in [0.15, 0.2) is 5.69 Å². The van der Waals surface area contributed by atoms with Crippen LogP contribution < -0.4 is 0 Å². The quantitative estimate of drug-likeness (QED) is 0.317. The van der Waals surface area contributed by atoms with Crippen LogP contribution in [0, 0.1) is 15.9 Å². The number of halogens is 1. The second-order valence-electron chi connectivity index (χ2n) is 2.09. The van der Waals surface area contributed by atoms with E-state index >= 15 is 0 Å². The van der Waals surface area contributed by atoms with Gasteiger partial charge in [0.05, 0.1) is 10.1 Å². The molecule has 0 N–H and O–H groups in total. The summed E-state index contributed by atoms with van der Waals surface area (Å²) in [5.41, 5.74) is -0.418. The number of nitro groups is 1. The number of isothiocyanates is 1. The van der Waals surface area contributed by atoms with E-state index < -0.39 is 10.7 Å². The molecule has 0 unspecified atom stereocenters. The van der Waals surface area contributed by atoms with Crippen LogP contribution in [0.2, 0.25) is 0 Å². The number of nitrogens with zero attached hydrogens (tertiary/aromatic N) is 2. The van der Waals surface area contributed by atoms with Crippen LogP contribution in [0.5, 0.6) is 0 Å². The third kappa shape index (κ3) is 2.14. The van der Waals surface area contributed by atoms with Crippen molar-refractivity contribution in [3.63, 3.8) is 0 Å². The summed E-state index contributed by atoms with van der Waals surface area (Å²) < 4.78 is 12.6. The highest BCUT2D eigenvalue weighted by Gasteiger charge is 2.12. The van der Waals surface area contributed by atoms with Gasteiger partial charge in [0.2, 0.25) is 0 Å². The zero-order valence-corrected chi connectivity index (χ0v) is 7.05. The first-order valence-electron chi connectivity index (χ1n) is 3.17. The SMILES string of the molecule is O=[N+]([O-])c1ccc(F)cc1N=C=S. The predicted molar refractivity (Wildman–Crippen MR) is 47.7 cm³/mol. The molecule has 0 aliphatic rings. The molecule has 13 heavy (non-hydrogen) atoms. The van der Waals surface area contributed by atoms with Crippen LogP contribution in [-0.2, 0) is 0 Å². The van der Waals surface area contributed by atoms with Gasteiger partial charge in [-0.15, -0.1) is 0 Å². The van der Waals surface area contributed by atoms with Crippen molar-refractivity contribution in [2.75, 3.05) is 0 Å². The zero-order chi connectivity index (χ0) is 9.84. The van der Waals surface area contributed by atoms with Gasteiger partial charge in [0.25, 0.3) is 5.69 Å². The van der Waals surface area contributed by atoms with E-state index in [4.69, 9.17) is 0 Å². The van der Waals surface area contributed by atoms with Crippen molar-refractivity contribution in [3.05, 3.63) is 34.1 Å². The Morgan fingerprint density at radius 1 is 1.62 bits per heavy atom. The summed E-state index contributed by atoms with van der Waals surface area (Å²) in [5, 5.41) is 12.3. The molecule has 0 aliphatic heterocycles. The van der Waals surface area contributed by atoms with Crippen molar-refractivity contribution in [2.45, 2.75) is 0 Å². The summed E-state index contributed by atoms with van der Waals surface area (Å²) in [5.74, 6) is -0.602. The van der Waals surface area contributed by atoms with Crippen molar-refractivity contribution >= 4 is 28.8 Å². The lowest BCUT2D eigenvalue weighted by Crippen LogP contribution is -1.88. The Labute approximate surface area is 77.9 Å². The molecule has 0 atom stereocenters. The summed E-state index contributed by atoms with van der Waals surface area (Å²) in [6.45, 7) is 0. The fraction of sp³-hybridized carbons (Fsp3) is 0. The van der Waals surface area contributed by atoms with Gasteiger partial charge in [-0.3, -0.25) is 10.1 Å². The van der Waals surface area contributed by atoms with Gasteiger partial charge in [-0.05, 0) is 18.3 Å². The highest BCUT2D eigenvalue weighted by Crippen LogP contribution is 2.26. The van der Waals surface area contributed by atoms with E-state index in [2.05, 4.69) is 17.2 Å². The number of hydrogen-bond donors (Lipinski definition) is 0. The molecule has 0 amide bonds. The molecule has 1 aromatic carbocycles. The molecule has 4 nitrogen and oxygen atoms in total. The molecule has 0 fully saturated rings. The average Bonchev–Trinajstić information content (AvgIpc) is 2.04. The Bertz CT molecular complexity index is 401. The molecule has 0 radical (unpaired) electrons. The van der Waals surface area contributed by atoms with Crippen LogP contribution in [-0.4, -0.2) is 10.1 Å². The number of rotatable bonds is 2. The van der Waals surface area contributed by atoms with Crippen molar-refractivity contribution in [3.8, 4) is 0 Å². The summed E-state index contributed by atoms with van der Waals surface area (Å²) in [6.07, 6.45) is 0. The Hall–Kier alpha value is -1.65. The minimum Gasteiger partial charge on any atom is -0.258 e. The molecule has 0 saturated heterocycles. The highest BCUT2D eigenvalue weighted by atomic mass is 32.1. The average molecular weight is 198 g/mol. The minimum atomic E-state index is -0.662. The topological polar surface area (TPSA) is 55.5 Å². The molecule has 0 bridgehead atoms. The van der Waals surface area contributed by atoms with Crippen molar-refractivity contribution in [2.24, 2.45) is 4.99 Å². The molecule has 1 rings (SSSR count). The number of hydrogen-bond acceptors (Lipinski definition) is 4. The number of thiocarbonyl (C=S) groups is 1. The molecule has 0 spiro atoms. The van der Waals surface area contributed by atoms with E-state index in [-0.39, 0.29) is 11.4 Å². The Morgan fingerprint density at radius 2 is 2.31 bits per heavy atom. The highest BCUT2D eigenvalue weighted by molar-refractivity contribution is 7.78. The van der Waals surface area contributed by atoms with E-state index in [1.165, 1.54) is 0 Å². The number of nitro benzene ring substituents is 1. The van der Waals surface area contributed by atoms with Crippen LogP contribution in [0.3, 0.4) is 0 Å². The van der Waals surface area contributed by atoms with Gasteiger partial charge in [-0.1, -0.05) is 0 Å². The van der Waals surface area contributed by atoms with E-state index in [0.29, 0.717) is 0 Å². The molecule has 66 valence electrons. The maximum Gasteiger partial charge on any atom is 0.295 e. The first-order valence-corrected chi connectivity index (χ1v) is 3.58. The molecule has 0 heterocycles. The van der Waals surface area contributed by atoms with E-state index in [1.807, 2.05) is 5.16 Å². The second kappa shape index (κ2) is 3.84. The molecular weight excluding hydrogens is 195 g/mol. The van der Waals surface area contributed by atoms with E-state index in [1.54, 1.807) is 0 Å². The van der Waals surface area contributed by atoms with Gasteiger partial charge in [-0.25, -0.2) is 4.39 Å². The van der Waals surface area contributed by atoms with Crippen molar-refractivity contribution in [1.29, 1.82) is 0 Å².